The fourth-order valence-corrected chi connectivity index (χ4v) is 5.96. The van der Waals surface area contributed by atoms with Crippen LogP contribution in [-0.2, 0) is 27.8 Å². The van der Waals surface area contributed by atoms with E-state index < -0.39 is 16.1 Å². The average molecular weight is 481 g/mol. The van der Waals surface area contributed by atoms with E-state index in [1.165, 1.54) is 4.31 Å². The molecule has 1 aliphatic rings. The number of carbonyl (C=O) groups excluding carboxylic acids is 1. The Kier molecular flexibility index (Phi) is 6.98. The first-order valence-corrected chi connectivity index (χ1v) is 12.5. The highest BCUT2D eigenvalue weighted by Gasteiger charge is 2.38. The third-order valence-electron chi connectivity index (χ3n) is 5.79. The zero-order valence-corrected chi connectivity index (χ0v) is 19.6. The summed E-state index contributed by atoms with van der Waals surface area (Å²) in [5, 5.41) is 3.53. The van der Waals surface area contributed by atoms with Crippen LogP contribution in [0.1, 0.15) is 23.1 Å². The minimum atomic E-state index is -3.91. The van der Waals surface area contributed by atoms with E-state index in [4.69, 9.17) is 11.6 Å². The number of nitrogens with one attached hydrogen (secondary N) is 1. The van der Waals surface area contributed by atoms with Crippen LogP contribution in [0.2, 0.25) is 5.02 Å². The van der Waals surface area contributed by atoms with Crippen molar-refractivity contribution in [3.8, 4) is 0 Å². The lowest BCUT2D eigenvalue weighted by atomic mass is 10.0. The first kappa shape index (κ1) is 23.2. The maximum atomic E-state index is 13.7. The molecule has 0 saturated heterocycles. The van der Waals surface area contributed by atoms with Crippen molar-refractivity contribution in [2.45, 2.75) is 30.3 Å². The monoisotopic (exact) mass is 480 g/mol. The second-order valence-corrected chi connectivity index (χ2v) is 10.3. The van der Waals surface area contributed by atoms with Crippen LogP contribution in [0.25, 0.3) is 5.57 Å². The third-order valence-corrected chi connectivity index (χ3v) is 8.01. The lowest BCUT2D eigenvalue weighted by molar-refractivity contribution is -0.125. The van der Waals surface area contributed by atoms with Gasteiger partial charge in [-0.25, -0.2) is 8.42 Å². The van der Waals surface area contributed by atoms with E-state index >= 15 is 0 Å². The molecule has 1 aliphatic heterocycles. The van der Waals surface area contributed by atoms with Crippen LogP contribution in [0.5, 0.6) is 0 Å². The Labute approximate surface area is 199 Å². The summed E-state index contributed by atoms with van der Waals surface area (Å²) in [5.74, 6) is -0.345. The predicted molar refractivity (Wildman–Crippen MR) is 131 cm³/mol. The number of nitrogens with zero attached hydrogens (tertiary/aromatic N) is 1. The average Bonchev–Trinajstić information content (AvgIpc) is 2.92. The molecule has 3 aromatic carbocycles. The highest BCUT2D eigenvalue weighted by atomic mass is 35.5. The van der Waals surface area contributed by atoms with Gasteiger partial charge in [0, 0.05) is 18.1 Å². The second kappa shape index (κ2) is 9.91. The van der Waals surface area contributed by atoms with Gasteiger partial charge in [0.2, 0.25) is 15.9 Å². The summed E-state index contributed by atoms with van der Waals surface area (Å²) in [6.45, 7) is 4.54. The summed E-state index contributed by atoms with van der Waals surface area (Å²) >= 11 is 5.95. The van der Waals surface area contributed by atoms with Gasteiger partial charge in [-0.15, -0.1) is 0 Å². The van der Waals surface area contributed by atoms with E-state index in [1.807, 2.05) is 42.5 Å². The van der Waals surface area contributed by atoms with Crippen molar-refractivity contribution < 1.29 is 13.2 Å². The van der Waals surface area contributed by atoms with Crippen molar-refractivity contribution >= 4 is 33.1 Å². The zero-order chi connectivity index (χ0) is 23.4. The number of hydrogen-bond donors (Lipinski definition) is 1. The number of benzene rings is 3. The minimum absolute atomic E-state index is 0.182. The normalized spacial score (nSPS) is 16.5. The van der Waals surface area contributed by atoms with Gasteiger partial charge in [0.1, 0.15) is 6.04 Å². The lowest BCUT2D eigenvalue weighted by Gasteiger charge is -2.29. The first-order chi connectivity index (χ1) is 15.9. The summed E-state index contributed by atoms with van der Waals surface area (Å²) in [5.41, 5.74) is 3.12. The molecule has 7 heteroatoms. The Morgan fingerprint density at radius 3 is 2.36 bits per heavy atom. The first-order valence-electron chi connectivity index (χ1n) is 10.7. The number of amides is 1. The van der Waals surface area contributed by atoms with Crippen LogP contribution in [0.4, 0.5) is 0 Å². The van der Waals surface area contributed by atoms with Gasteiger partial charge in [-0.05, 0) is 53.3 Å². The number of halogens is 1. The van der Waals surface area contributed by atoms with Gasteiger partial charge < -0.3 is 5.32 Å². The molecule has 1 atom stereocenters. The molecule has 5 nitrogen and oxygen atoms in total. The zero-order valence-electron chi connectivity index (χ0n) is 18.1. The largest absolute Gasteiger partial charge is 0.351 e. The molecule has 4 rings (SSSR count). The molecule has 170 valence electrons. The molecular formula is C26H25ClN2O3S. The molecule has 0 radical (unpaired) electrons. The van der Waals surface area contributed by atoms with Crippen LogP contribution in [0, 0.1) is 0 Å². The molecule has 0 saturated carbocycles. The van der Waals surface area contributed by atoms with Crippen molar-refractivity contribution in [1.82, 2.24) is 9.62 Å². The van der Waals surface area contributed by atoms with E-state index in [2.05, 4.69) is 11.9 Å². The fourth-order valence-electron chi connectivity index (χ4n) is 4.01. The molecule has 3 aromatic rings. The van der Waals surface area contributed by atoms with Gasteiger partial charge in [-0.3, -0.25) is 4.79 Å². The van der Waals surface area contributed by atoms with Crippen molar-refractivity contribution in [1.29, 1.82) is 0 Å². The Bertz CT molecular complexity index is 1260. The molecule has 1 heterocycles. The summed E-state index contributed by atoms with van der Waals surface area (Å²) in [6, 6.07) is 22.6. The molecule has 1 amide bonds. The number of hydrogen-bond acceptors (Lipinski definition) is 3. The van der Waals surface area contributed by atoms with E-state index in [9.17, 15) is 13.2 Å². The van der Waals surface area contributed by atoms with Crippen molar-refractivity contribution in [2.75, 3.05) is 6.54 Å². The molecule has 0 aromatic heterocycles. The quantitative estimate of drug-likeness (QED) is 0.557. The van der Waals surface area contributed by atoms with E-state index in [0.29, 0.717) is 17.0 Å². The summed E-state index contributed by atoms with van der Waals surface area (Å²) in [4.78, 5) is 13.6. The minimum Gasteiger partial charge on any atom is -0.351 e. The van der Waals surface area contributed by atoms with E-state index in [0.717, 1.165) is 16.7 Å². The van der Waals surface area contributed by atoms with Crippen LogP contribution in [0.3, 0.4) is 0 Å². The molecule has 0 fully saturated rings. The highest BCUT2D eigenvalue weighted by molar-refractivity contribution is 7.89. The standard InChI is InChI=1S/C26H25ClN2O3S/c1-19-15-16-29(33(31,32)25-10-6-5-9-23(19)25)24(17-20-7-3-2-4-8-20)26(30)28-18-21-11-13-22(27)14-12-21/h2-14,24H,1,15-18H2,(H,28,30)/t24-/m0/s1. The molecule has 0 aliphatic carbocycles. The molecule has 0 bridgehead atoms. The van der Waals surface area contributed by atoms with Crippen molar-refractivity contribution in [3.63, 3.8) is 0 Å². The Balaban J connectivity index is 1.67. The predicted octanol–water partition coefficient (Wildman–Crippen LogP) is 4.68. The summed E-state index contributed by atoms with van der Waals surface area (Å²) < 4.78 is 28.7. The molecule has 1 N–H and O–H groups in total. The van der Waals surface area contributed by atoms with Crippen molar-refractivity contribution in [3.05, 3.63) is 107 Å². The Morgan fingerprint density at radius 1 is 0.970 bits per heavy atom. The smallest absolute Gasteiger partial charge is 0.244 e. The number of fused-ring (bicyclic) bond motifs is 1. The lowest BCUT2D eigenvalue weighted by Crippen LogP contribution is -2.50. The van der Waals surface area contributed by atoms with Gasteiger partial charge in [0.25, 0.3) is 0 Å². The number of sulfonamides is 1. The highest BCUT2D eigenvalue weighted by Crippen LogP contribution is 2.33. The maximum Gasteiger partial charge on any atom is 0.244 e. The second-order valence-electron chi connectivity index (χ2n) is 8.02. The van der Waals surface area contributed by atoms with Gasteiger partial charge in [0.05, 0.1) is 4.90 Å². The topological polar surface area (TPSA) is 66.5 Å². The molecule has 0 spiro atoms. The van der Waals surface area contributed by atoms with Crippen LogP contribution in [0.15, 0.2) is 90.3 Å². The summed E-state index contributed by atoms with van der Waals surface area (Å²) in [7, 11) is -3.91. The number of rotatable bonds is 6. The fraction of sp³-hybridized carbons (Fsp3) is 0.192. The van der Waals surface area contributed by atoms with Gasteiger partial charge >= 0.3 is 0 Å². The summed E-state index contributed by atoms with van der Waals surface area (Å²) in [6.07, 6.45) is 0.715. The van der Waals surface area contributed by atoms with Crippen LogP contribution in [-0.4, -0.2) is 31.2 Å². The Morgan fingerprint density at radius 2 is 1.64 bits per heavy atom. The van der Waals surface area contributed by atoms with Gasteiger partial charge in [0.15, 0.2) is 0 Å². The SMILES string of the molecule is C=C1CCN([C@@H](Cc2ccccc2)C(=O)NCc2ccc(Cl)cc2)S(=O)(=O)c2ccccc21. The maximum absolute atomic E-state index is 13.7. The van der Waals surface area contributed by atoms with E-state index in [1.54, 1.807) is 36.4 Å². The Hall–Kier alpha value is -2.93. The third kappa shape index (κ3) is 5.19. The van der Waals surface area contributed by atoms with Crippen LogP contribution < -0.4 is 5.32 Å². The van der Waals surface area contributed by atoms with E-state index in [-0.39, 0.29) is 30.3 Å². The molecule has 0 unspecified atom stereocenters. The van der Waals surface area contributed by atoms with Gasteiger partial charge in [-0.2, -0.15) is 4.31 Å². The molecule has 33 heavy (non-hydrogen) atoms. The van der Waals surface area contributed by atoms with Crippen LogP contribution >= 0.6 is 11.6 Å². The number of carbonyl (C=O) groups is 1. The van der Waals surface area contributed by atoms with Crippen molar-refractivity contribution in [2.24, 2.45) is 0 Å². The van der Waals surface area contributed by atoms with Gasteiger partial charge in [-0.1, -0.05) is 78.8 Å². The molecular weight excluding hydrogens is 456 g/mol.